The van der Waals surface area contributed by atoms with Gasteiger partial charge >= 0.3 is 12.1 Å². The second-order valence-corrected chi connectivity index (χ2v) is 5.00. The molecule has 1 amide bonds. The third-order valence-corrected chi connectivity index (χ3v) is 2.44. The molecule has 0 aromatic heterocycles. The number of ether oxygens (including phenoxy) is 2. The molecule has 1 rings (SSSR count). The van der Waals surface area contributed by atoms with Crippen LogP contribution in [0.2, 0.25) is 0 Å². The van der Waals surface area contributed by atoms with Gasteiger partial charge in [0.2, 0.25) is 0 Å². The van der Waals surface area contributed by atoms with Crippen molar-refractivity contribution in [2.24, 2.45) is 0 Å². The van der Waals surface area contributed by atoms with Gasteiger partial charge in [0, 0.05) is 6.54 Å². The summed E-state index contributed by atoms with van der Waals surface area (Å²) in [6, 6.07) is -0.963. The number of amides is 1. The van der Waals surface area contributed by atoms with Gasteiger partial charge in [0.1, 0.15) is 5.60 Å². The lowest BCUT2D eigenvalue weighted by Crippen LogP contribution is -2.47. The van der Waals surface area contributed by atoms with E-state index in [4.69, 9.17) is 4.74 Å². The van der Waals surface area contributed by atoms with Crippen LogP contribution in [0.3, 0.4) is 0 Å². The average molecular weight is 245 g/mol. The molecule has 1 aliphatic heterocycles. The van der Waals surface area contributed by atoms with E-state index in [2.05, 4.69) is 4.74 Å². The molecule has 17 heavy (non-hydrogen) atoms. The first kappa shape index (κ1) is 13.8. The number of methoxy groups -OCH3 is 1. The van der Waals surface area contributed by atoms with Gasteiger partial charge in [0.05, 0.1) is 13.2 Å². The summed E-state index contributed by atoms with van der Waals surface area (Å²) in [7, 11) is 1.22. The van der Waals surface area contributed by atoms with E-state index < -0.39 is 29.8 Å². The van der Waals surface area contributed by atoms with Crippen LogP contribution >= 0.6 is 0 Å². The Morgan fingerprint density at radius 3 is 2.41 bits per heavy atom. The lowest BCUT2D eigenvalue weighted by molar-refractivity contribution is -0.148. The molecule has 6 nitrogen and oxygen atoms in total. The zero-order valence-electron chi connectivity index (χ0n) is 10.6. The molecule has 0 radical (unpaired) electrons. The van der Waals surface area contributed by atoms with E-state index in [1.165, 1.54) is 12.0 Å². The second-order valence-electron chi connectivity index (χ2n) is 5.00. The molecule has 1 N–H and O–H groups in total. The largest absolute Gasteiger partial charge is 0.467 e. The lowest BCUT2D eigenvalue weighted by atomic mass is 10.2. The lowest BCUT2D eigenvalue weighted by Gasteiger charge is -2.27. The predicted octanol–water partition coefficient (Wildman–Crippen LogP) is 0.530. The molecular weight excluding hydrogens is 226 g/mol. The van der Waals surface area contributed by atoms with E-state index >= 15 is 0 Å². The minimum Gasteiger partial charge on any atom is -0.467 e. The molecule has 0 spiro atoms. The van der Waals surface area contributed by atoms with E-state index in [1.54, 1.807) is 20.8 Å². The van der Waals surface area contributed by atoms with Crippen molar-refractivity contribution < 1.29 is 24.2 Å². The van der Waals surface area contributed by atoms with Crippen molar-refractivity contribution in [3.8, 4) is 0 Å². The summed E-state index contributed by atoms with van der Waals surface area (Å²) >= 11 is 0. The summed E-state index contributed by atoms with van der Waals surface area (Å²) in [6.45, 7) is 5.51. The number of likely N-dealkylation sites (tertiary alicyclic amines) is 1. The second kappa shape index (κ2) is 4.91. The minimum absolute atomic E-state index is 0.288. The quantitative estimate of drug-likeness (QED) is 0.682. The number of carbonyl (C=O) groups is 2. The highest BCUT2D eigenvalue weighted by atomic mass is 16.6. The van der Waals surface area contributed by atoms with Gasteiger partial charge < -0.3 is 14.6 Å². The Kier molecular flexibility index (Phi) is 3.98. The Balaban J connectivity index is 2.76. The summed E-state index contributed by atoms with van der Waals surface area (Å²) in [6.07, 6.45) is -1.15. The summed E-state index contributed by atoms with van der Waals surface area (Å²) < 4.78 is 9.73. The Morgan fingerprint density at radius 1 is 1.35 bits per heavy atom. The normalized spacial score (nSPS) is 24.6. The Hall–Kier alpha value is -1.30. The van der Waals surface area contributed by atoms with E-state index in [0.717, 1.165) is 0 Å². The van der Waals surface area contributed by atoms with Gasteiger partial charge in [-0.2, -0.15) is 0 Å². The molecule has 0 saturated carbocycles. The summed E-state index contributed by atoms with van der Waals surface area (Å²) in [5.74, 6) is -0.624. The molecule has 98 valence electrons. The van der Waals surface area contributed by atoms with Gasteiger partial charge in [0.15, 0.2) is 6.04 Å². The fourth-order valence-corrected chi connectivity index (χ4v) is 1.71. The summed E-state index contributed by atoms with van der Waals surface area (Å²) in [4.78, 5) is 24.5. The van der Waals surface area contributed by atoms with Crippen LogP contribution in [0.1, 0.15) is 27.2 Å². The van der Waals surface area contributed by atoms with Crippen molar-refractivity contribution in [1.29, 1.82) is 0 Å². The SMILES string of the molecule is COC(=O)[C@H]1[C@@H](O)CCN1C(=O)OC(C)(C)C. The van der Waals surface area contributed by atoms with Gasteiger partial charge in [0.25, 0.3) is 0 Å². The predicted molar refractivity (Wildman–Crippen MR) is 59.4 cm³/mol. The summed E-state index contributed by atoms with van der Waals surface area (Å²) in [5, 5.41) is 9.66. The third kappa shape index (κ3) is 3.33. The standard InChI is InChI=1S/C11H19NO5/c1-11(2,3)17-10(15)12-6-5-7(13)8(12)9(14)16-4/h7-8,13H,5-6H2,1-4H3/t7-,8+/m0/s1. The number of hydrogen-bond acceptors (Lipinski definition) is 5. The molecular formula is C11H19NO5. The van der Waals surface area contributed by atoms with Crippen molar-refractivity contribution in [3.63, 3.8) is 0 Å². The van der Waals surface area contributed by atoms with Crippen LogP contribution in [0.15, 0.2) is 0 Å². The van der Waals surface area contributed by atoms with Crippen molar-refractivity contribution in [3.05, 3.63) is 0 Å². The molecule has 2 atom stereocenters. The van der Waals surface area contributed by atoms with Gasteiger partial charge in [-0.05, 0) is 27.2 Å². The first-order chi connectivity index (χ1) is 7.76. The molecule has 0 aromatic rings. The van der Waals surface area contributed by atoms with E-state index in [0.29, 0.717) is 6.42 Å². The summed E-state index contributed by atoms with van der Waals surface area (Å²) in [5.41, 5.74) is -0.634. The molecule has 0 aromatic carbocycles. The number of aliphatic hydroxyl groups excluding tert-OH is 1. The highest BCUT2D eigenvalue weighted by Crippen LogP contribution is 2.22. The molecule has 0 unspecified atom stereocenters. The molecule has 6 heteroatoms. The van der Waals surface area contributed by atoms with Gasteiger partial charge in [-0.25, -0.2) is 9.59 Å². The van der Waals surface area contributed by atoms with Crippen LogP contribution in [0, 0.1) is 0 Å². The van der Waals surface area contributed by atoms with Gasteiger partial charge in [-0.15, -0.1) is 0 Å². The molecule has 1 fully saturated rings. The number of nitrogens with zero attached hydrogens (tertiary/aromatic N) is 1. The monoisotopic (exact) mass is 245 g/mol. The molecule has 0 bridgehead atoms. The maximum atomic E-state index is 11.8. The van der Waals surface area contributed by atoms with E-state index in [9.17, 15) is 14.7 Å². The molecule has 1 heterocycles. The number of hydrogen-bond donors (Lipinski definition) is 1. The van der Waals surface area contributed by atoms with Crippen molar-refractivity contribution in [2.75, 3.05) is 13.7 Å². The number of rotatable bonds is 1. The van der Waals surface area contributed by atoms with Crippen molar-refractivity contribution in [2.45, 2.75) is 44.9 Å². The van der Waals surface area contributed by atoms with Crippen molar-refractivity contribution >= 4 is 12.1 Å². The van der Waals surface area contributed by atoms with Crippen LogP contribution in [-0.4, -0.2) is 53.5 Å². The van der Waals surface area contributed by atoms with E-state index in [-0.39, 0.29) is 6.54 Å². The first-order valence-electron chi connectivity index (χ1n) is 5.52. The fraction of sp³-hybridized carbons (Fsp3) is 0.818. The fourth-order valence-electron chi connectivity index (χ4n) is 1.71. The van der Waals surface area contributed by atoms with Crippen molar-refractivity contribution in [1.82, 2.24) is 4.90 Å². The van der Waals surface area contributed by atoms with Crippen LogP contribution in [0.25, 0.3) is 0 Å². The molecule has 1 saturated heterocycles. The number of aliphatic hydroxyl groups is 1. The maximum absolute atomic E-state index is 11.8. The van der Waals surface area contributed by atoms with Crippen LogP contribution in [0.5, 0.6) is 0 Å². The Bertz CT molecular complexity index is 309. The number of carbonyl (C=O) groups excluding carboxylic acids is 2. The smallest absolute Gasteiger partial charge is 0.411 e. The minimum atomic E-state index is -0.963. The van der Waals surface area contributed by atoms with Gasteiger partial charge in [-0.1, -0.05) is 0 Å². The highest BCUT2D eigenvalue weighted by molar-refractivity contribution is 5.82. The Morgan fingerprint density at radius 2 is 1.94 bits per heavy atom. The molecule has 0 aliphatic carbocycles. The van der Waals surface area contributed by atoms with Crippen LogP contribution < -0.4 is 0 Å². The van der Waals surface area contributed by atoms with Crippen LogP contribution in [0.4, 0.5) is 4.79 Å². The third-order valence-electron chi connectivity index (χ3n) is 2.44. The van der Waals surface area contributed by atoms with Gasteiger partial charge in [-0.3, -0.25) is 4.90 Å². The first-order valence-corrected chi connectivity index (χ1v) is 5.52. The molecule has 1 aliphatic rings. The van der Waals surface area contributed by atoms with Crippen LogP contribution in [-0.2, 0) is 14.3 Å². The highest BCUT2D eigenvalue weighted by Gasteiger charge is 2.43. The number of esters is 1. The topological polar surface area (TPSA) is 76.1 Å². The average Bonchev–Trinajstić information content (AvgIpc) is 2.56. The Labute approximate surface area is 100 Å². The maximum Gasteiger partial charge on any atom is 0.411 e. The zero-order chi connectivity index (χ0) is 13.2. The zero-order valence-corrected chi connectivity index (χ0v) is 10.6. The van der Waals surface area contributed by atoms with E-state index in [1.807, 2.05) is 0 Å².